The predicted molar refractivity (Wildman–Crippen MR) is 110 cm³/mol. The molecule has 0 radical (unpaired) electrons. The zero-order chi connectivity index (χ0) is 19.7. The molecule has 1 saturated carbocycles. The number of carbonyl (C=O) groups excluding carboxylic acids is 3. The van der Waals surface area contributed by atoms with Gasteiger partial charge in [-0.05, 0) is 54.8 Å². The third kappa shape index (κ3) is 3.67. The van der Waals surface area contributed by atoms with Crippen LogP contribution in [0.25, 0.3) is 6.08 Å². The number of rotatable bonds is 3. The van der Waals surface area contributed by atoms with Crippen LogP contribution in [-0.2, 0) is 9.59 Å². The topological polar surface area (TPSA) is 71.4 Å². The average Bonchev–Trinajstić information content (AvgIpc) is 3.16. The second-order valence-corrected chi connectivity index (χ2v) is 8.03. The largest absolute Gasteiger partial charge is 0.351 e. The van der Waals surface area contributed by atoms with Gasteiger partial charge in [-0.15, -0.1) is 0 Å². The minimum atomic E-state index is -0.741. The summed E-state index contributed by atoms with van der Waals surface area (Å²) in [5.74, 6) is -1.30. The number of hydrogen-bond acceptors (Lipinski definition) is 3. The summed E-state index contributed by atoms with van der Waals surface area (Å²) in [5, 5.41) is 2.25. The minimum Gasteiger partial charge on any atom is -0.351 e. The summed E-state index contributed by atoms with van der Waals surface area (Å²) in [6.45, 7) is 0. The van der Waals surface area contributed by atoms with Gasteiger partial charge in [0.1, 0.15) is 5.57 Å². The van der Waals surface area contributed by atoms with E-state index >= 15 is 0 Å². The Morgan fingerprint density at radius 1 is 1.00 bits per heavy atom. The Labute approximate surface area is 171 Å². The van der Waals surface area contributed by atoms with Gasteiger partial charge >= 0.3 is 6.03 Å². The molecule has 0 spiro atoms. The molecule has 7 heteroatoms. The molecule has 2 heterocycles. The van der Waals surface area contributed by atoms with E-state index in [2.05, 4.69) is 25.8 Å². The molecule has 1 aromatic carbocycles. The van der Waals surface area contributed by atoms with Crippen molar-refractivity contribution >= 4 is 45.5 Å². The molecule has 2 aromatic rings. The van der Waals surface area contributed by atoms with E-state index in [0.717, 1.165) is 27.8 Å². The summed E-state index contributed by atoms with van der Waals surface area (Å²) in [7, 11) is 0. The van der Waals surface area contributed by atoms with Gasteiger partial charge in [0, 0.05) is 22.9 Å². The van der Waals surface area contributed by atoms with Gasteiger partial charge in [0.05, 0.1) is 5.69 Å². The molecule has 6 nitrogen and oxygen atoms in total. The molecule has 1 aliphatic carbocycles. The summed E-state index contributed by atoms with van der Waals surface area (Å²) in [6.07, 6.45) is 11.5. The summed E-state index contributed by atoms with van der Waals surface area (Å²) >= 11 is 3.33. The van der Waals surface area contributed by atoms with Crippen LogP contribution in [0.15, 0.2) is 52.8 Å². The van der Waals surface area contributed by atoms with Crippen molar-refractivity contribution in [2.45, 2.75) is 38.1 Å². The molecule has 1 saturated heterocycles. The molecule has 1 aliphatic heterocycles. The Hall–Kier alpha value is -2.67. The number of hydrogen-bond donors (Lipinski definition) is 1. The Morgan fingerprint density at radius 3 is 2.43 bits per heavy atom. The van der Waals surface area contributed by atoms with Gasteiger partial charge in [-0.25, -0.2) is 9.69 Å². The maximum atomic E-state index is 12.9. The number of amides is 4. The highest BCUT2D eigenvalue weighted by atomic mass is 79.9. The first-order valence-corrected chi connectivity index (χ1v) is 10.2. The number of carbonyl (C=O) groups is 3. The maximum absolute atomic E-state index is 12.9. The molecule has 4 rings (SSSR count). The van der Waals surface area contributed by atoms with Gasteiger partial charge in [0.15, 0.2) is 0 Å². The quantitative estimate of drug-likeness (QED) is 0.565. The van der Waals surface area contributed by atoms with Crippen molar-refractivity contribution in [3.63, 3.8) is 0 Å². The predicted octanol–water partition coefficient (Wildman–Crippen LogP) is 4.42. The first-order valence-electron chi connectivity index (χ1n) is 9.37. The lowest BCUT2D eigenvalue weighted by atomic mass is 9.95. The van der Waals surface area contributed by atoms with Crippen LogP contribution in [0.4, 0.5) is 10.5 Å². The van der Waals surface area contributed by atoms with Crippen LogP contribution in [0, 0.1) is 0 Å². The fourth-order valence-corrected chi connectivity index (χ4v) is 4.04. The highest BCUT2D eigenvalue weighted by Crippen LogP contribution is 2.29. The monoisotopic (exact) mass is 441 g/mol. The first kappa shape index (κ1) is 18.7. The minimum absolute atomic E-state index is 0.0519. The summed E-state index contributed by atoms with van der Waals surface area (Å²) in [4.78, 5) is 38.4. The van der Waals surface area contributed by atoms with E-state index < -0.39 is 17.8 Å². The smallest absolute Gasteiger partial charge is 0.335 e. The number of urea groups is 1. The van der Waals surface area contributed by atoms with E-state index in [1.807, 2.05) is 18.5 Å². The summed E-state index contributed by atoms with van der Waals surface area (Å²) in [5.41, 5.74) is 1.13. The number of anilines is 1. The van der Waals surface area contributed by atoms with E-state index in [4.69, 9.17) is 0 Å². The lowest BCUT2D eigenvalue weighted by Crippen LogP contribution is -2.54. The molecule has 4 amide bonds. The molecule has 2 aliphatic rings. The van der Waals surface area contributed by atoms with Crippen molar-refractivity contribution in [3.8, 4) is 0 Å². The van der Waals surface area contributed by atoms with Crippen molar-refractivity contribution < 1.29 is 14.4 Å². The molecule has 2 fully saturated rings. The molecule has 0 atom stereocenters. The lowest BCUT2D eigenvalue weighted by molar-refractivity contribution is -0.122. The molecule has 0 bridgehead atoms. The van der Waals surface area contributed by atoms with Crippen LogP contribution in [-0.4, -0.2) is 22.4 Å². The number of nitrogens with one attached hydrogen (secondary N) is 1. The van der Waals surface area contributed by atoms with Gasteiger partial charge in [-0.3, -0.25) is 14.9 Å². The third-order valence-electron chi connectivity index (χ3n) is 5.23. The molecule has 1 N–H and O–H groups in total. The fraction of sp³-hybridized carbons (Fsp3) is 0.286. The zero-order valence-corrected chi connectivity index (χ0v) is 16.8. The van der Waals surface area contributed by atoms with Gasteiger partial charge < -0.3 is 4.57 Å². The molecule has 0 unspecified atom stereocenters. The number of imide groups is 2. The van der Waals surface area contributed by atoms with E-state index in [1.54, 1.807) is 30.3 Å². The number of halogens is 1. The molecule has 1 aromatic heterocycles. The molecule has 28 heavy (non-hydrogen) atoms. The van der Waals surface area contributed by atoms with E-state index in [0.29, 0.717) is 11.7 Å². The van der Waals surface area contributed by atoms with Crippen LogP contribution < -0.4 is 10.2 Å². The van der Waals surface area contributed by atoms with Crippen LogP contribution in [0.3, 0.4) is 0 Å². The van der Waals surface area contributed by atoms with Crippen molar-refractivity contribution in [3.05, 3.63) is 58.3 Å². The second-order valence-electron chi connectivity index (χ2n) is 7.12. The van der Waals surface area contributed by atoms with Crippen molar-refractivity contribution in [2.75, 3.05) is 4.90 Å². The van der Waals surface area contributed by atoms with Crippen molar-refractivity contribution in [2.24, 2.45) is 0 Å². The molecular formula is C21H20BrN3O3. The number of barbiturate groups is 1. The third-order valence-corrected chi connectivity index (χ3v) is 5.76. The normalized spacial score (nSPS) is 20.0. The van der Waals surface area contributed by atoms with Crippen molar-refractivity contribution in [1.82, 2.24) is 9.88 Å². The standard InChI is InChI=1S/C21H20BrN3O3/c22-15-6-8-17(9-7-15)25-20(27)18(19(26)23-21(25)28)12-14-10-11-24(13-14)16-4-2-1-3-5-16/h6-13,16H,1-5H2,(H,23,26,28)/b18-12-. The van der Waals surface area contributed by atoms with E-state index in [9.17, 15) is 14.4 Å². The second kappa shape index (κ2) is 7.75. The van der Waals surface area contributed by atoms with Gasteiger partial charge in [-0.1, -0.05) is 35.2 Å². The van der Waals surface area contributed by atoms with Gasteiger partial charge in [0.2, 0.25) is 0 Å². The summed E-state index contributed by atoms with van der Waals surface area (Å²) in [6, 6.07) is 8.39. The Bertz CT molecular complexity index is 956. The zero-order valence-electron chi connectivity index (χ0n) is 15.2. The number of nitrogens with zero attached hydrogens (tertiary/aromatic N) is 2. The van der Waals surface area contributed by atoms with Crippen LogP contribution >= 0.6 is 15.9 Å². The van der Waals surface area contributed by atoms with Crippen LogP contribution in [0.2, 0.25) is 0 Å². The Morgan fingerprint density at radius 2 is 1.71 bits per heavy atom. The SMILES string of the molecule is O=C1NC(=O)N(c2ccc(Br)cc2)C(=O)/C1=C\c1ccn(C2CCCCC2)c1. The van der Waals surface area contributed by atoms with Gasteiger partial charge in [-0.2, -0.15) is 0 Å². The van der Waals surface area contributed by atoms with E-state index in [1.165, 1.54) is 19.3 Å². The molecule has 144 valence electrons. The Balaban J connectivity index is 1.61. The average molecular weight is 442 g/mol. The van der Waals surface area contributed by atoms with Gasteiger partial charge in [0.25, 0.3) is 11.8 Å². The fourth-order valence-electron chi connectivity index (χ4n) is 3.77. The number of aromatic nitrogens is 1. The molecular weight excluding hydrogens is 422 g/mol. The van der Waals surface area contributed by atoms with Crippen LogP contribution in [0.1, 0.15) is 43.7 Å². The highest BCUT2D eigenvalue weighted by molar-refractivity contribution is 9.10. The van der Waals surface area contributed by atoms with Crippen molar-refractivity contribution in [1.29, 1.82) is 0 Å². The first-order chi connectivity index (χ1) is 13.5. The highest BCUT2D eigenvalue weighted by Gasteiger charge is 2.36. The van der Waals surface area contributed by atoms with E-state index in [-0.39, 0.29) is 5.57 Å². The number of benzene rings is 1. The lowest BCUT2D eigenvalue weighted by Gasteiger charge is -2.26. The van der Waals surface area contributed by atoms with Crippen LogP contribution in [0.5, 0.6) is 0 Å². The Kier molecular flexibility index (Phi) is 5.17. The summed E-state index contributed by atoms with van der Waals surface area (Å²) < 4.78 is 2.99. The maximum Gasteiger partial charge on any atom is 0.335 e.